The number of ether oxygens (including phenoxy) is 2. The van der Waals surface area contributed by atoms with Crippen LogP contribution in [-0.4, -0.2) is 36.6 Å². The summed E-state index contributed by atoms with van der Waals surface area (Å²) in [6, 6.07) is 0. The van der Waals surface area contributed by atoms with Gasteiger partial charge in [0.25, 0.3) is 0 Å². The van der Waals surface area contributed by atoms with Gasteiger partial charge in [0, 0.05) is 26.2 Å². The molecular formula is C12H22O3. The molecule has 2 saturated heterocycles. The molecule has 2 fully saturated rings. The largest absolute Gasteiger partial charge is 0.389 e. The molecular weight excluding hydrogens is 192 g/mol. The van der Waals surface area contributed by atoms with E-state index in [1.54, 1.807) is 0 Å². The normalized spacial score (nSPS) is 39.2. The Morgan fingerprint density at radius 1 is 1.27 bits per heavy atom. The molecule has 1 N–H and O–H groups in total. The predicted molar refractivity (Wildman–Crippen MR) is 57.8 cm³/mol. The molecule has 0 bridgehead atoms. The monoisotopic (exact) mass is 214 g/mol. The van der Waals surface area contributed by atoms with Gasteiger partial charge in [-0.25, -0.2) is 0 Å². The molecule has 0 aromatic carbocycles. The summed E-state index contributed by atoms with van der Waals surface area (Å²) in [6.07, 6.45) is 4.89. The maximum absolute atomic E-state index is 10.7. The third-order valence-electron chi connectivity index (χ3n) is 3.91. The second-order valence-electron chi connectivity index (χ2n) is 4.85. The molecule has 0 aromatic heterocycles. The summed E-state index contributed by atoms with van der Waals surface area (Å²) in [5, 5.41) is 10.7. The van der Waals surface area contributed by atoms with Crippen LogP contribution in [0.3, 0.4) is 0 Å². The lowest BCUT2D eigenvalue weighted by atomic mass is 9.75. The summed E-state index contributed by atoms with van der Waals surface area (Å²) < 4.78 is 11.0. The molecule has 2 unspecified atom stereocenters. The molecule has 88 valence electrons. The van der Waals surface area contributed by atoms with Crippen molar-refractivity contribution in [2.24, 2.45) is 5.92 Å². The van der Waals surface area contributed by atoms with Gasteiger partial charge in [-0.1, -0.05) is 6.92 Å². The average Bonchev–Trinajstić information content (AvgIpc) is 2.30. The number of hydrogen-bond acceptors (Lipinski definition) is 3. The Morgan fingerprint density at radius 3 is 2.67 bits per heavy atom. The minimum Gasteiger partial charge on any atom is -0.389 e. The molecule has 0 radical (unpaired) electrons. The second-order valence-corrected chi connectivity index (χ2v) is 4.85. The Hall–Kier alpha value is -0.120. The van der Waals surface area contributed by atoms with Gasteiger partial charge in [-0.2, -0.15) is 0 Å². The van der Waals surface area contributed by atoms with E-state index < -0.39 is 5.60 Å². The third kappa shape index (κ3) is 2.52. The molecule has 15 heavy (non-hydrogen) atoms. The fourth-order valence-corrected chi connectivity index (χ4v) is 2.83. The molecule has 2 rings (SSSR count). The Kier molecular flexibility index (Phi) is 3.65. The smallest absolute Gasteiger partial charge is 0.0724 e. The van der Waals surface area contributed by atoms with Crippen LogP contribution >= 0.6 is 0 Å². The fourth-order valence-electron chi connectivity index (χ4n) is 2.83. The quantitative estimate of drug-likeness (QED) is 0.761. The molecule has 0 amide bonds. The summed E-state index contributed by atoms with van der Waals surface area (Å²) in [6.45, 7) is 4.46. The second kappa shape index (κ2) is 4.81. The molecule has 2 atom stereocenters. The van der Waals surface area contributed by atoms with Crippen LogP contribution in [-0.2, 0) is 9.47 Å². The summed E-state index contributed by atoms with van der Waals surface area (Å²) in [5.74, 6) is 0.421. The molecule has 2 aliphatic heterocycles. The Labute approximate surface area is 91.8 Å². The number of rotatable bonds is 2. The van der Waals surface area contributed by atoms with Crippen molar-refractivity contribution in [3.8, 4) is 0 Å². The van der Waals surface area contributed by atoms with Gasteiger partial charge in [0.1, 0.15) is 0 Å². The lowest BCUT2D eigenvalue weighted by Crippen LogP contribution is -2.48. The highest BCUT2D eigenvalue weighted by Gasteiger charge is 2.41. The van der Waals surface area contributed by atoms with Gasteiger partial charge in [0.2, 0.25) is 0 Å². The zero-order valence-electron chi connectivity index (χ0n) is 9.58. The standard InChI is InChI=1S/C12H22O3/c1-2-11-9-12(13,5-8-15-11)10-3-6-14-7-4-10/h10-11,13H,2-9H2,1H3. The van der Waals surface area contributed by atoms with Gasteiger partial charge in [-0.3, -0.25) is 0 Å². The van der Waals surface area contributed by atoms with Crippen molar-refractivity contribution in [1.29, 1.82) is 0 Å². The average molecular weight is 214 g/mol. The Balaban J connectivity index is 1.97. The highest BCUT2D eigenvalue weighted by atomic mass is 16.5. The van der Waals surface area contributed by atoms with Crippen molar-refractivity contribution < 1.29 is 14.6 Å². The van der Waals surface area contributed by atoms with Gasteiger partial charge < -0.3 is 14.6 Å². The van der Waals surface area contributed by atoms with Gasteiger partial charge in [-0.15, -0.1) is 0 Å². The van der Waals surface area contributed by atoms with Crippen molar-refractivity contribution in [3.63, 3.8) is 0 Å². The van der Waals surface area contributed by atoms with E-state index in [9.17, 15) is 5.11 Å². The lowest BCUT2D eigenvalue weighted by Gasteiger charge is -2.43. The van der Waals surface area contributed by atoms with Crippen molar-refractivity contribution in [3.05, 3.63) is 0 Å². The first kappa shape index (κ1) is 11.4. The van der Waals surface area contributed by atoms with E-state index in [0.717, 1.165) is 45.3 Å². The third-order valence-corrected chi connectivity index (χ3v) is 3.91. The van der Waals surface area contributed by atoms with Crippen LogP contribution < -0.4 is 0 Å². The minimum absolute atomic E-state index is 0.256. The van der Waals surface area contributed by atoms with Crippen LogP contribution in [0, 0.1) is 5.92 Å². The van der Waals surface area contributed by atoms with Crippen LogP contribution in [0.4, 0.5) is 0 Å². The van der Waals surface area contributed by atoms with Crippen LogP contribution in [0.15, 0.2) is 0 Å². The fraction of sp³-hybridized carbons (Fsp3) is 1.00. The first-order valence-electron chi connectivity index (χ1n) is 6.16. The van der Waals surface area contributed by atoms with E-state index in [1.807, 2.05) is 0 Å². The molecule has 0 aromatic rings. The molecule has 0 spiro atoms. The van der Waals surface area contributed by atoms with E-state index in [-0.39, 0.29) is 6.10 Å². The summed E-state index contributed by atoms with van der Waals surface area (Å²) in [7, 11) is 0. The molecule has 3 nitrogen and oxygen atoms in total. The van der Waals surface area contributed by atoms with E-state index in [1.165, 1.54) is 0 Å². The van der Waals surface area contributed by atoms with E-state index in [2.05, 4.69) is 6.92 Å². The van der Waals surface area contributed by atoms with Gasteiger partial charge in [0.15, 0.2) is 0 Å². The van der Waals surface area contributed by atoms with Crippen LogP contribution in [0.5, 0.6) is 0 Å². The van der Waals surface area contributed by atoms with Crippen LogP contribution in [0.25, 0.3) is 0 Å². The minimum atomic E-state index is -0.483. The number of aliphatic hydroxyl groups is 1. The number of hydrogen-bond donors (Lipinski definition) is 1. The Bertz CT molecular complexity index is 201. The maximum atomic E-state index is 10.7. The highest BCUT2D eigenvalue weighted by Crippen LogP contribution is 2.37. The topological polar surface area (TPSA) is 38.7 Å². The van der Waals surface area contributed by atoms with E-state index in [0.29, 0.717) is 12.5 Å². The maximum Gasteiger partial charge on any atom is 0.0724 e. The summed E-state index contributed by atoms with van der Waals surface area (Å²) in [4.78, 5) is 0. The van der Waals surface area contributed by atoms with Crippen molar-refractivity contribution >= 4 is 0 Å². The van der Waals surface area contributed by atoms with Crippen LogP contribution in [0.1, 0.15) is 39.0 Å². The molecule has 0 saturated carbocycles. The highest BCUT2D eigenvalue weighted by molar-refractivity contribution is 4.92. The Morgan fingerprint density at radius 2 is 2.00 bits per heavy atom. The van der Waals surface area contributed by atoms with Crippen molar-refractivity contribution in [2.75, 3.05) is 19.8 Å². The summed E-state index contributed by atoms with van der Waals surface area (Å²) >= 11 is 0. The molecule has 3 heteroatoms. The first-order valence-corrected chi connectivity index (χ1v) is 6.16. The molecule has 2 heterocycles. The SMILES string of the molecule is CCC1CC(O)(C2CCOCC2)CCO1. The van der Waals surface area contributed by atoms with E-state index >= 15 is 0 Å². The summed E-state index contributed by atoms with van der Waals surface area (Å²) in [5.41, 5.74) is -0.483. The molecule has 0 aliphatic carbocycles. The van der Waals surface area contributed by atoms with Crippen molar-refractivity contribution in [2.45, 2.75) is 50.7 Å². The van der Waals surface area contributed by atoms with Crippen LogP contribution in [0.2, 0.25) is 0 Å². The predicted octanol–water partition coefficient (Wildman–Crippen LogP) is 1.73. The zero-order valence-corrected chi connectivity index (χ0v) is 9.58. The molecule has 2 aliphatic rings. The van der Waals surface area contributed by atoms with Gasteiger partial charge >= 0.3 is 0 Å². The zero-order chi connectivity index (χ0) is 10.7. The lowest BCUT2D eigenvalue weighted by molar-refractivity contribution is -0.148. The van der Waals surface area contributed by atoms with E-state index in [4.69, 9.17) is 9.47 Å². The first-order chi connectivity index (χ1) is 7.24. The van der Waals surface area contributed by atoms with Gasteiger partial charge in [-0.05, 0) is 31.6 Å². The van der Waals surface area contributed by atoms with Gasteiger partial charge in [0.05, 0.1) is 11.7 Å². The van der Waals surface area contributed by atoms with Crippen molar-refractivity contribution in [1.82, 2.24) is 0 Å².